The summed E-state index contributed by atoms with van der Waals surface area (Å²) < 4.78 is 24.1. The molecule has 5 nitrogen and oxygen atoms in total. The van der Waals surface area contributed by atoms with Crippen LogP contribution in [-0.4, -0.2) is 19.8 Å². The fraction of sp³-hybridized carbons (Fsp3) is 0.571. The zero-order chi connectivity index (χ0) is 29.0. The summed E-state index contributed by atoms with van der Waals surface area (Å²) in [4.78, 5) is 13.0. The Kier molecular flexibility index (Phi) is 16.6. The number of rotatable bonds is 21. The highest BCUT2D eigenvalue weighted by Gasteiger charge is 2.21. The maximum absolute atomic E-state index is 13.0. The number of ether oxygens (including phenoxy) is 3. The third-order valence-corrected chi connectivity index (χ3v) is 6.75. The van der Waals surface area contributed by atoms with Crippen LogP contribution in [0, 0.1) is 0 Å². The van der Waals surface area contributed by atoms with Crippen LogP contribution >= 0.6 is 0 Å². The summed E-state index contributed by atoms with van der Waals surface area (Å²) in [6.45, 7) is 12.0. The normalized spacial score (nSPS) is 11.8. The predicted molar refractivity (Wildman–Crippen MR) is 168 cm³/mol. The standard InChI is InChI=1S/C35H52O5/c1-6-8-10-12-13-14-15-17-26-39-34-33(38-25-16-11-9-7-2)32-30(22-19-23-31(32)40-35(34)36)37-27-24-29(5)21-18-20-28(3)4/h9,11,19-20,22-24H,6-8,10,12-18,21,25-27H2,1-5H3. The van der Waals surface area contributed by atoms with Gasteiger partial charge in [0.2, 0.25) is 5.75 Å². The fourth-order valence-corrected chi connectivity index (χ4v) is 4.44. The van der Waals surface area contributed by atoms with Crippen LogP contribution in [0.25, 0.3) is 11.0 Å². The molecule has 0 atom stereocenters. The van der Waals surface area contributed by atoms with Crippen LogP contribution in [0.2, 0.25) is 0 Å². The summed E-state index contributed by atoms with van der Waals surface area (Å²) in [6.07, 6.45) is 21.9. The van der Waals surface area contributed by atoms with Gasteiger partial charge in [-0.1, -0.05) is 94.2 Å². The molecule has 0 fully saturated rings. The largest absolute Gasteiger partial charge is 0.489 e. The predicted octanol–water partition coefficient (Wildman–Crippen LogP) is 10.1. The van der Waals surface area contributed by atoms with Gasteiger partial charge in [0, 0.05) is 0 Å². The molecule has 0 aliphatic carbocycles. The molecule has 0 spiro atoms. The highest BCUT2D eigenvalue weighted by Crippen LogP contribution is 2.39. The van der Waals surface area contributed by atoms with Crippen molar-refractivity contribution in [3.63, 3.8) is 0 Å². The third-order valence-electron chi connectivity index (χ3n) is 6.75. The van der Waals surface area contributed by atoms with Crippen molar-refractivity contribution >= 4 is 11.0 Å². The molecule has 0 bridgehead atoms. The van der Waals surface area contributed by atoms with Crippen molar-refractivity contribution in [1.82, 2.24) is 0 Å². The van der Waals surface area contributed by atoms with E-state index >= 15 is 0 Å². The van der Waals surface area contributed by atoms with Gasteiger partial charge in [-0.25, -0.2) is 4.79 Å². The van der Waals surface area contributed by atoms with E-state index in [-0.39, 0.29) is 5.75 Å². The first-order valence-corrected chi connectivity index (χ1v) is 15.4. The van der Waals surface area contributed by atoms with Gasteiger partial charge in [-0.05, 0) is 71.1 Å². The minimum absolute atomic E-state index is 0.138. The maximum atomic E-state index is 13.0. The topological polar surface area (TPSA) is 57.9 Å². The molecule has 1 heterocycles. The first-order valence-electron chi connectivity index (χ1n) is 15.4. The molecule has 5 heteroatoms. The van der Waals surface area contributed by atoms with Gasteiger partial charge in [0.05, 0.1) is 13.2 Å². The van der Waals surface area contributed by atoms with Gasteiger partial charge in [0.1, 0.15) is 23.3 Å². The van der Waals surface area contributed by atoms with E-state index in [9.17, 15) is 4.79 Å². The van der Waals surface area contributed by atoms with Gasteiger partial charge in [-0.15, -0.1) is 0 Å². The summed E-state index contributed by atoms with van der Waals surface area (Å²) >= 11 is 0. The van der Waals surface area contributed by atoms with Gasteiger partial charge in [0.25, 0.3) is 0 Å². The van der Waals surface area contributed by atoms with E-state index in [4.69, 9.17) is 18.6 Å². The lowest BCUT2D eigenvalue weighted by molar-refractivity contribution is 0.255. The number of benzene rings is 1. The SMILES string of the molecule is CCC=CCCOc1c(OCCCCCCCCCC)c(=O)oc2cccc(OCC=C(C)CCC=C(C)C)c12. The zero-order valence-corrected chi connectivity index (χ0v) is 25.7. The average Bonchev–Trinajstić information content (AvgIpc) is 2.92. The first kappa shape index (κ1) is 33.3. The molecule has 1 aromatic carbocycles. The Bertz CT molecular complexity index is 1130. The molecule has 0 unspecified atom stereocenters. The van der Waals surface area contributed by atoms with Gasteiger partial charge < -0.3 is 18.6 Å². The average molecular weight is 553 g/mol. The van der Waals surface area contributed by atoms with Crippen LogP contribution in [0.15, 0.2) is 62.9 Å². The minimum atomic E-state index is -0.515. The highest BCUT2D eigenvalue weighted by molar-refractivity contribution is 5.91. The lowest BCUT2D eigenvalue weighted by atomic mass is 10.1. The molecular formula is C35H52O5. The molecular weight excluding hydrogens is 500 g/mol. The van der Waals surface area contributed by atoms with Gasteiger partial charge in [0.15, 0.2) is 5.75 Å². The van der Waals surface area contributed by atoms with Crippen molar-refractivity contribution in [3.8, 4) is 17.2 Å². The Morgan fingerprint density at radius 2 is 1.52 bits per heavy atom. The fourth-order valence-electron chi connectivity index (χ4n) is 4.44. The van der Waals surface area contributed by atoms with Crippen molar-refractivity contribution in [1.29, 1.82) is 0 Å². The van der Waals surface area contributed by atoms with E-state index in [0.29, 0.717) is 42.3 Å². The molecule has 0 N–H and O–H groups in total. The summed E-state index contributed by atoms with van der Waals surface area (Å²) in [7, 11) is 0. The highest BCUT2D eigenvalue weighted by atomic mass is 16.5. The van der Waals surface area contributed by atoms with Crippen molar-refractivity contribution in [3.05, 3.63) is 64.1 Å². The number of fused-ring (bicyclic) bond motifs is 1. The van der Waals surface area contributed by atoms with E-state index in [2.05, 4.69) is 58.9 Å². The molecule has 2 aromatic rings. The Labute approximate surface area is 242 Å². The molecule has 0 saturated heterocycles. The lowest BCUT2D eigenvalue weighted by Crippen LogP contribution is -2.12. The van der Waals surface area contributed by atoms with Crippen LogP contribution in [0.5, 0.6) is 17.2 Å². The van der Waals surface area contributed by atoms with Crippen LogP contribution in [0.3, 0.4) is 0 Å². The summed E-state index contributed by atoms with van der Waals surface area (Å²) in [5, 5.41) is 0.642. The van der Waals surface area contributed by atoms with Crippen LogP contribution in [0.1, 0.15) is 112 Å². The second kappa shape index (κ2) is 20.0. The molecule has 2 rings (SSSR count). The summed E-state index contributed by atoms with van der Waals surface area (Å²) in [5.74, 6) is 1.17. The molecule has 0 amide bonds. The van der Waals surface area contributed by atoms with Crippen LogP contribution < -0.4 is 19.8 Å². The number of allylic oxidation sites excluding steroid dienone is 4. The van der Waals surface area contributed by atoms with E-state index in [0.717, 1.165) is 38.5 Å². The first-order chi connectivity index (χ1) is 19.5. The number of hydrogen-bond acceptors (Lipinski definition) is 5. The molecule has 40 heavy (non-hydrogen) atoms. The van der Waals surface area contributed by atoms with E-state index in [1.165, 1.54) is 49.7 Å². The second-order valence-corrected chi connectivity index (χ2v) is 10.7. The number of hydrogen-bond donors (Lipinski definition) is 0. The van der Waals surface area contributed by atoms with E-state index < -0.39 is 5.63 Å². The Morgan fingerprint density at radius 3 is 2.25 bits per heavy atom. The second-order valence-electron chi connectivity index (χ2n) is 10.7. The number of unbranched alkanes of at least 4 members (excludes halogenated alkanes) is 7. The molecule has 0 radical (unpaired) electrons. The lowest BCUT2D eigenvalue weighted by Gasteiger charge is -2.16. The van der Waals surface area contributed by atoms with Gasteiger partial charge >= 0.3 is 5.63 Å². The molecule has 0 saturated carbocycles. The Hall–Kier alpha value is -2.95. The smallest absolute Gasteiger partial charge is 0.383 e. The van der Waals surface area contributed by atoms with Crippen molar-refractivity contribution in [2.75, 3.05) is 19.8 Å². The molecule has 0 aliphatic rings. The van der Waals surface area contributed by atoms with Crippen LogP contribution in [0.4, 0.5) is 0 Å². The monoisotopic (exact) mass is 552 g/mol. The quantitative estimate of drug-likeness (QED) is 0.0876. The molecule has 222 valence electrons. The minimum Gasteiger partial charge on any atom is -0.489 e. The van der Waals surface area contributed by atoms with Gasteiger partial charge in [-0.3, -0.25) is 0 Å². The zero-order valence-electron chi connectivity index (χ0n) is 25.7. The van der Waals surface area contributed by atoms with E-state index in [1.807, 2.05) is 12.1 Å². The molecule has 1 aromatic heterocycles. The maximum Gasteiger partial charge on any atom is 0.383 e. The van der Waals surface area contributed by atoms with Crippen molar-refractivity contribution in [2.45, 2.75) is 112 Å². The Balaban J connectivity index is 2.18. The summed E-state index contributed by atoms with van der Waals surface area (Å²) in [5.41, 5.74) is 2.53. The van der Waals surface area contributed by atoms with E-state index in [1.54, 1.807) is 6.07 Å². The summed E-state index contributed by atoms with van der Waals surface area (Å²) in [6, 6.07) is 5.50. The third kappa shape index (κ3) is 12.5. The van der Waals surface area contributed by atoms with Gasteiger partial charge in [-0.2, -0.15) is 0 Å². The Morgan fingerprint density at radius 1 is 0.800 bits per heavy atom. The molecule has 0 aliphatic heterocycles. The van der Waals surface area contributed by atoms with Crippen LogP contribution in [-0.2, 0) is 0 Å². The van der Waals surface area contributed by atoms with Crippen molar-refractivity contribution < 1.29 is 18.6 Å². The van der Waals surface area contributed by atoms with Crippen molar-refractivity contribution in [2.24, 2.45) is 0 Å².